The van der Waals surface area contributed by atoms with Gasteiger partial charge in [0.15, 0.2) is 0 Å². The Morgan fingerprint density at radius 2 is 1.86 bits per heavy atom. The number of aliphatic hydroxyl groups is 1. The summed E-state index contributed by atoms with van der Waals surface area (Å²) in [5.74, 6) is 0.720. The Balaban J connectivity index is 4.23. The minimum absolute atomic E-state index is 0.119. The van der Waals surface area contributed by atoms with E-state index in [0.717, 1.165) is 25.2 Å². The van der Waals surface area contributed by atoms with E-state index in [0.29, 0.717) is 0 Å². The Morgan fingerprint density at radius 3 is 2.21 bits per heavy atom. The van der Waals surface area contributed by atoms with Gasteiger partial charge in [0, 0.05) is 12.6 Å². The lowest BCUT2D eigenvalue weighted by atomic mass is 9.74. The molecule has 2 atom stereocenters. The lowest BCUT2D eigenvalue weighted by Crippen LogP contribution is -2.40. The fourth-order valence-corrected chi connectivity index (χ4v) is 1.86. The Labute approximate surface area is 88.9 Å². The molecule has 0 aliphatic carbocycles. The molecule has 0 aromatic heterocycles. The Morgan fingerprint density at radius 1 is 1.29 bits per heavy atom. The van der Waals surface area contributed by atoms with Crippen molar-refractivity contribution >= 4 is 0 Å². The first-order chi connectivity index (χ1) is 6.46. The molecule has 0 aliphatic heterocycles. The molecule has 0 fully saturated rings. The van der Waals surface area contributed by atoms with E-state index in [9.17, 15) is 0 Å². The van der Waals surface area contributed by atoms with Crippen LogP contribution in [0.15, 0.2) is 0 Å². The van der Waals surface area contributed by atoms with Crippen molar-refractivity contribution in [3.63, 3.8) is 0 Å². The van der Waals surface area contributed by atoms with E-state index >= 15 is 0 Å². The van der Waals surface area contributed by atoms with Gasteiger partial charge in [0.1, 0.15) is 0 Å². The number of nitrogens with two attached hydrogens (primary N) is 1. The molecule has 86 valence electrons. The molecule has 0 radical (unpaired) electrons. The smallest absolute Gasteiger partial charge is 0.0436 e. The summed E-state index contributed by atoms with van der Waals surface area (Å²) in [7, 11) is 0. The normalized spacial score (nSPS) is 18.2. The second-order valence-electron chi connectivity index (χ2n) is 5.07. The minimum atomic E-state index is 0.119. The maximum atomic E-state index is 9.06. The summed E-state index contributed by atoms with van der Waals surface area (Å²) in [6.07, 6.45) is 4.15. The highest BCUT2D eigenvalue weighted by molar-refractivity contribution is 4.84. The molecule has 0 heterocycles. The van der Waals surface area contributed by atoms with E-state index in [1.807, 2.05) is 0 Å². The molecule has 2 nitrogen and oxygen atoms in total. The second kappa shape index (κ2) is 6.41. The molecule has 3 N–H and O–H groups in total. The lowest BCUT2D eigenvalue weighted by Gasteiger charge is -2.35. The monoisotopic (exact) mass is 201 g/mol. The van der Waals surface area contributed by atoms with Crippen molar-refractivity contribution in [2.24, 2.45) is 17.1 Å². The van der Waals surface area contributed by atoms with E-state index in [4.69, 9.17) is 10.8 Å². The Hall–Kier alpha value is -0.0800. The molecular formula is C12H27NO. The molecule has 0 rings (SSSR count). The van der Waals surface area contributed by atoms with E-state index in [-0.39, 0.29) is 18.1 Å². The molecule has 0 aromatic carbocycles. The summed E-state index contributed by atoms with van der Waals surface area (Å²) < 4.78 is 0. The molecule has 0 aliphatic rings. The quantitative estimate of drug-likeness (QED) is 0.665. The average molecular weight is 201 g/mol. The van der Waals surface area contributed by atoms with E-state index in [1.54, 1.807) is 0 Å². The maximum Gasteiger partial charge on any atom is 0.0436 e. The van der Waals surface area contributed by atoms with Crippen LogP contribution in [0.1, 0.15) is 53.4 Å². The molecule has 14 heavy (non-hydrogen) atoms. The Kier molecular flexibility index (Phi) is 6.38. The molecule has 0 spiro atoms. The summed E-state index contributed by atoms with van der Waals surface area (Å²) in [6.45, 7) is 9.05. The van der Waals surface area contributed by atoms with Gasteiger partial charge < -0.3 is 10.8 Å². The highest BCUT2D eigenvalue weighted by Crippen LogP contribution is 2.33. The summed E-state index contributed by atoms with van der Waals surface area (Å²) in [5, 5.41) is 9.06. The van der Waals surface area contributed by atoms with E-state index in [2.05, 4.69) is 27.7 Å². The van der Waals surface area contributed by atoms with Crippen molar-refractivity contribution in [3.8, 4) is 0 Å². The van der Waals surface area contributed by atoms with Crippen LogP contribution in [0, 0.1) is 11.3 Å². The van der Waals surface area contributed by atoms with Crippen LogP contribution in [0.25, 0.3) is 0 Å². The molecule has 0 bridgehead atoms. The Bertz CT molecular complexity index is 147. The lowest BCUT2D eigenvalue weighted by molar-refractivity contribution is 0.144. The van der Waals surface area contributed by atoms with Crippen molar-refractivity contribution in [3.05, 3.63) is 0 Å². The van der Waals surface area contributed by atoms with Gasteiger partial charge in [-0.1, -0.05) is 34.1 Å². The number of rotatable bonds is 7. The van der Waals surface area contributed by atoms with Crippen LogP contribution in [0.4, 0.5) is 0 Å². The summed E-state index contributed by atoms with van der Waals surface area (Å²) in [6, 6.07) is 0.216. The number of hydrogen-bond acceptors (Lipinski definition) is 2. The summed E-state index contributed by atoms with van der Waals surface area (Å²) in [5.41, 5.74) is 6.23. The summed E-state index contributed by atoms with van der Waals surface area (Å²) in [4.78, 5) is 0. The van der Waals surface area contributed by atoms with Gasteiger partial charge in [0.25, 0.3) is 0 Å². The third kappa shape index (κ3) is 4.43. The van der Waals surface area contributed by atoms with Crippen molar-refractivity contribution in [2.75, 3.05) is 6.61 Å². The fraction of sp³-hybridized carbons (Fsp3) is 1.00. The van der Waals surface area contributed by atoms with Crippen LogP contribution in [0.3, 0.4) is 0 Å². The first kappa shape index (κ1) is 13.9. The second-order valence-corrected chi connectivity index (χ2v) is 5.07. The molecule has 0 saturated heterocycles. The number of hydrogen-bond donors (Lipinski definition) is 2. The first-order valence-corrected chi connectivity index (χ1v) is 5.82. The van der Waals surface area contributed by atoms with Gasteiger partial charge in [-0.15, -0.1) is 0 Å². The van der Waals surface area contributed by atoms with Crippen LogP contribution in [-0.2, 0) is 0 Å². The van der Waals surface area contributed by atoms with Crippen LogP contribution in [0.5, 0.6) is 0 Å². The topological polar surface area (TPSA) is 46.2 Å². The standard InChI is InChI=1S/C12H27NO/c1-5-11(13)12(4,8-9-14)7-6-10(2)3/h10-11,14H,5-9,13H2,1-4H3. The van der Waals surface area contributed by atoms with E-state index in [1.165, 1.54) is 6.42 Å². The first-order valence-electron chi connectivity index (χ1n) is 5.82. The third-order valence-corrected chi connectivity index (χ3v) is 3.31. The van der Waals surface area contributed by atoms with Gasteiger partial charge >= 0.3 is 0 Å². The molecule has 0 amide bonds. The van der Waals surface area contributed by atoms with Crippen LogP contribution >= 0.6 is 0 Å². The highest BCUT2D eigenvalue weighted by Gasteiger charge is 2.29. The maximum absolute atomic E-state index is 9.06. The van der Waals surface area contributed by atoms with Crippen LogP contribution < -0.4 is 5.73 Å². The van der Waals surface area contributed by atoms with Gasteiger partial charge in [-0.25, -0.2) is 0 Å². The van der Waals surface area contributed by atoms with Crippen molar-refractivity contribution in [1.82, 2.24) is 0 Å². The minimum Gasteiger partial charge on any atom is -0.396 e. The van der Waals surface area contributed by atoms with Gasteiger partial charge in [0.2, 0.25) is 0 Å². The van der Waals surface area contributed by atoms with Crippen molar-refractivity contribution < 1.29 is 5.11 Å². The third-order valence-electron chi connectivity index (χ3n) is 3.31. The summed E-state index contributed by atoms with van der Waals surface area (Å²) >= 11 is 0. The molecule has 2 unspecified atom stereocenters. The fourth-order valence-electron chi connectivity index (χ4n) is 1.86. The predicted molar refractivity (Wildman–Crippen MR) is 62.1 cm³/mol. The molecule has 0 aromatic rings. The van der Waals surface area contributed by atoms with Gasteiger partial charge in [-0.3, -0.25) is 0 Å². The van der Waals surface area contributed by atoms with Crippen LogP contribution in [0.2, 0.25) is 0 Å². The molecular weight excluding hydrogens is 174 g/mol. The zero-order valence-electron chi connectivity index (χ0n) is 10.2. The van der Waals surface area contributed by atoms with E-state index < -0.39 is 0 Å². The zero-order chi connectivity index (χ0) is 11.2. The SMILES string of the molecule is CCC(N)C(C)(CCO)CCC(C)C. The van der Waals surface area contributed by atoms with Crippen molar-refractivity contribution in [2.45, 2.75) is 59.4 Å². The highest BCUT2D eigenvalue weighted by atomic mass is 16.3. The van der Waals surface area contributed by atoms with Crippen molar-refractivity contribution in [1.29, 1.82) is 0 Å². The predicted octanol–water partition coefficient (Wildman–Crippen LogP) is 2.55. The molecule has 0 saturated carbocycles. The van der Waals surface area contributed by atoms with Gasteiger partial charge in [0.05, 0.1) is 0 Å². The largest absolute Gasteiger partial charge is 0.396 e. The van der Waals surface area contributed by atoms with Crippen LogP contribution in [-0.4, -0.2) is 17.8 Å². The van der Waals surface area contributed by atoms with Gasteiger partial charge in [-0.05, 0) is 30.6 Å². The zero-order valence-corrected chi connectivity index (χ0v) is 10.2. The molecule has 2 heteroatoms. The van der Waals surface area contributed by atoms with Gasteiger partial charge in [-0.2, -0.15) is 0 Å². The average Bonchev–Trinajstić information content (AvgIpc) is 2.14. The number of aliphatic hydroxyl groups excluding tert-OH is 1.